The molecule has 7 nitrogen and oxygen atoms in total. The lowest BCUT2D eigenvalue weighted by molar-refractivity contribution is 0.122. The van der Waals surface area contributed by atoms with Crippen molar-refractivity contribution in [2.24, 2.45) is 0 Å². The summed E-state index contributed by atoms with van der Waals surface area (Å²) in [7, 11) is 1.70. The molecule has 1 N–H and O–H groups in total. The quantitative estimate of drug-likeness (QED) is 0.489. The molecule has 1 fully saturated rings. The molecule has 0 saturated carbocycles. The molecular weight excluding hydrogens is 402 g/mol. The van der Waals surface area contributed by atoms with E-state index in [-0.39, 0.29) is 0 Å². The predicted molar refractivity (Wildman–Crippen MR) is 127 cm³/mol. The molecule has 1 aliphatic heterocycles. The summed E-state index contributed by atoms with van der Waals surface area (Å²) in [5.41, 5.74) is 5.37. The predicted octanol–water partition coefficient (Wildman–Crippen LogP) is 4.45. The normalized spacial score (nSPS) is 14.0. The van der Waals surface area contributed by atoms with Gasteiger partial charge in [-0.1, -0.05) is 0 Å². The standard InChI is InChI=1S/C25H27N5O2/c1-18-11-21(15-23(12-18)31-2)30(17-25-26-5-6-27-25)20-3-4-24-19(13-20)14-22(16-28-24)29-7-9-32-10-8-29/h3-6,11-16H,7-10,17H2,1-2H3,(H,26,27). The molecule has 0 atom stereocenters. The second-order valence-corrected chi connectivity index (χ2v) is 8.00. The lowest BCUT2D eigenvalue weighted by atomic mass is 10.1. The van der Waals surface area contributed by atoms with Crippen molar-refractivity contribution in [3.05, 3.63) is 72.4 Å². The van der Waals surface area contributed by atoms with Crippen molar-refractivity contribution < 1.29 is 9.47 Å². The molecular formula is C25H27N5O2. The molecule has 3 heterocycles. The van der Waals surface area contributed by atoms with Crippen molar-refractivity contribution in [1.82, 2.24) is 15.0 Å². The van der Waals surface area contributed by atoms with E-state index in [0.717, 1.165) is 71.4 Å². The molecule has 0 amide bonds. The second-order valence-electron chi connectivity index (χ2n) is 8.00. The van der Waals surface area contributed by atoms with Crippen LogP contribution in [0.5, 0.6) is 5.75 Å². The number of imidazole rings is 1. The number of methoxy groups -OCH3 is 1. The maximum atomic E-state index is 5.53. The number of nitrogens with zero attached hydrogens (tertiary/aromatic N) is 4. The molecule has 2 aromatic heterocycles. The molecule has 1 saturated heterocycles. The number of fused-ring (bicyclic) bond motifs is 1. The minimum atomic E-state index is 0.613. The van der Waals surface area contributed by atoms with Crippen molar-refractivity contribution >= 4 is 28.0 Å². The van der Waals surface area contributed by atoms with E-state index in [2.05, 4.69) is 63.1 Å². The zero-order chi connectivity index (χ0) is 21.9. The van der Waals surface area contributed by atoms with E-state index in [1.807, 2.05) is 18.5 Å². The van der Waals surface area contributed by atoms with E-state index in [1.54, 1.807) is 13.3 Å². The number of hydrogen-bond donors (Lipinski definition) is 1. The number of morpholine rings is 1. The Labute approximate surface area is 187 Å². The number of nitrogens with one attached hydrogen (secondary N) is 1. The molecule has 2 aromatic carbocycles. The van der Waals surface area contributed by atoms with Gasteiger partial charge in [0.1, 0.15) is 11.6 Å². The van der Waals surface area contributed by atoms with Gasteiger partial charge in [0, 0.05) is 48.3 Å². The summed E-state index contributed by atoms with van der Waals surface area (Å²) in [5.74, 6) is 1.73. The fourth-order valence-electron chi connectivity index (χ4n) is 4.14. The highest BCUT2D eigenvalue weighted by Crippen LogP contribution is 2.33. The Balaban J connectivity index is 1.56. The SMILES string of the molecule is COc1cc(C)cc(N(Cc2ncc[nH]2)c2ccc3ncc(N4CCOCC4)cc3c2)c1. The first-order valence-corrected chi connectivity index (χ1v) is 10.8. The van der Waals surface area contributed by atoms with Gasteiger partial charge in [0.05, 0.1) is 44.3 Å². The lowest BCUT2D eigenvalue weighted by Crippen LogP contribution is -2.36. The van der Waals surface area contributed by atoms with Crippen LogP contribution >= 0.6 is 0 Å². The molecule has 0 bridgehead atoms. The Bertz CT molecular complexity index is 1200. The summed E-state index contributed by atoms with van der Waals surface area (Å²) in [4.78, 5) is 17.0. The lowest BCUT2D eigenvalue weighted by Gasteiger charge is -2.29. The summed E-state index contributed by atoms with van der Waals surface area (Å²) in [6, 6.07) is 14.9. The molecule has 1 aliphatic rings. The number of hydrogen-bond acceptors (Lipinski definition) is 6. The van der Waals surface area contributed by atoms with Crippen LogP contribution in [0.3, 0.4) is 0 Å². The number of aryl methyl sites for hydroxylation is 1. The van der Waals surface area contributed by atoms with Gasteiger partial charge in [-0.3, -0.25) is 4.98 Å². The van der Waals surface area contributed by atoms with Gasteiger partial charge in [-0.05, 0) is 48.9 Å². The van der Waals surface area contributed by atoms with Gasteiger partial charge in [-0.2, -0.15) is 0 Å². The van der Waals surface area contributed by atoms with Crippen LogP contribution in [0, 0.1) is 6.92 Å². The van der Waals surface area contributed by atoms with Crippen LogP contribution in [-0.2, 0) is 11.3 Å². The van der Waals surface area contributed by atoms with E-state index >= 15 is 0 Å². The third kappa shape index (κ3) is 4.24. The highest BCUT2D eigenvalue weighted by Gasteiger charge is 2.16. The molecule has 7 heteroatoms. The highest BCUT2D eigenvalue weighted by atomic mass is 16.5. The molecule has 164 valence electrons. The van der Waals surface area contributed by atoms with Crippen molar-refractivity contribution in [2.75, 3.05) is 43.2 Å². The number of H-pyrrole nitrogens is 1. The van der Waals surface area contributed by atoms with Crippen LogP contribution in [0.4, 0.5) is 17.1 Å². The number of aromatic nitrogens is 3. The molecule has 0 unspecified atom stereocenters. The third-order valence-electron chi connectivity index (χ3n) is 5.78. The average molecular weight is 430 g/mol. The van der Waals surface area contributed by atoms with Gasteiger partial charge in [0.2, 0.25) is 0 Å². The van der Waals surface area contributed by atoms with E-state index in [1.165, 1.54) is 0 Å². The first-order valence-electron chi connectivity index (χ1n) is 10.8. The summed E-state index contributed by atoms with van der Waals surface area (Å²) in [5, 5.41) is 1.11. The van der Waals surface area contributed by atoms with Crippen molar-refractivity contribution in [2.45, 2.75) is 13.5 Å². The number of rotatable bonds is 6. The Hall–Kier alpha value is -3.58. The smallest absolute Gasteiger partial charge is 0.126 e. The molecule has 5 rings (SSSR count). The largest absolute Gasteiger partial charge is 0.497 e. The number of pyridine rings is 1. The first kappa shape index (κ1) is 20.3. The number of anilines is 3. The Kier molecular flexibility index (Phi) is 5.64. The maximum Gasteiger partial charge on any atom is 0.126 e. The van der Waals surface area contributed by atoms with E-state index < -0.39 is 0 Å². The summed E-state index contributed by atoms with van der Waals surface area (Å²) in [6.45, 7) is 5.98. The number of ether oxygens (including phenoxy) is 2. The van der Waals surface area contributed by atoms with Gasteiger partial charge in [0.25, 0.3) is 0 Å². The average Bonchev–Trinajstić information content (AvgIpc) is 3.35. The van der Waals surface area contributed by atoms with Crippen LogP contribution in [0.1, 0.15) is 11.4 Å². The Morgan fingerprint density at radius 1 is 1.06 bits per heavy atom. The first-order chi connectivity index (χ1) is 15.7. The van der Waals surface area contributed by atoms with Crippen LogP contribution in [-0.4, -0.2) is 48.4 Å². The zero-order valence-electron chi connectivity index (χ0n) is 18.4. The van der Waals surface area contributed by atoms with E-state index in [4.69, 9.17) is 14.5 Å². The van der Waals surface area contributed by atoms with Crippen molar-refractivity contribution in [3.8, 4) is 5.75 Å². The van der Waals surface area contributed by atoms with Crippen molar-refractivity contribution in [3.63, 3.8) is 0 Å². The Morgan fingerprint density at radius 3 is 2.72 bits per heavy atom. The fraction of sp³-hybridized carbons (Fsp3) is 0.280. The van der Waals surface area contributed by atoms with E-state index in [9.17, 15) is 0 Å². The molecule has 0 spiro atoms. The topological polar surface area (TPSA) is 66.5 Å². The van der Waals surface area contributed by atoms with Gasteiger partial charge in [0.15, 0.2) is 0 Å². The summed E-state index contributed by atoms with van der Waals surface area (Å²) < 4.78 is 11.0. The minimum Gasteiger partial charge on any atom is -0.497 e. The van der Waals surface area contributed by atoms with Crippen LogP contribution in [0.15, 0.2) is 61.1 Å². The molecule has 0 radical (unpaired) electrons. The van der Waals surface area contributed by atoms with Gasteiger partial charge in [-0.25, -0.2) is 4.98 Å². The molecule has 32 heavy (non-hydrogen) atoms. The van der Waals surface area contributed by atoms with Crippen LogP contribution in [0.2, 0.25) is 0 Å². The number of benzene rings is 2. The van der Waals surface area contributed by atoms with Crippen molar-refractivity contribution in [1.29, 1.82) is 0 Å². The third-order valence-corrected chi connectivity index (χ3v) is 5.78. The fourth-order valence-corrected chi connectivity index (χ4v) is 4.14. The van der Waals surface area contributed by atoms with E-state index in [0.29, 0.717) is 6.54 Å². The minimum absolute atomic E-state index is 0.613. The second kappa shape index (κ2) is 8.88. The van der Waals surface area contributed by atoms with Gasteiger partial charge < -0.3 is 24.3 Å². The number of aromatic amines is 1. The van der Waals surface area contributed by atoms with Crippen LogP contribution < -0.4 is 14.5 Å². The highest BCUT2D eigenvalue weighted by molar-refractivity contribution is 5.86. The summed E-state index contributed by atoms with van der Waals surface area (Å²) in [6.07, 6.45) is 5.59. The van der Waals surface area contributed by atoms with Crippen LogP contribution in [0.25, 0.3) is 10.9 Å². The van der Waals surface area contributed by atoms with Gasteiger partial charge in [-0.15, -0.1) is 0 Å². The zero-order valence-corrected chi connectivity index (χ0v) is 18.4. The molecule has 4 aromatic rings. The Morgan fingerprint density at radius 2 is 1.94 bits per heavy atom. The maximum absolute atomic E-state index is 5.53. The summed E-state index contributed by atoms with van der Waals surface area (Å²) >= 11 is 0. The monoisotopic (exact) mass is 429 g/mol. The molecule has 0 aliphatic carbocycles. The van der Waals surface area contributed by atoms with Gasteiger partial charge >= 0.3 is 0 Å².